The lowest BCUT2D eigenvalue weighted by molar-refractivity contribution is 0.101. The van der Waals surface area contributed by atoms with E-state index in [0.29, 0.717) is 17.1 Å². The van der Waals surface area contributed by atoms with E-state index in [2.05, 4.69) is 5.32 Å². The molecule has 0 spiro atoms. The van der Waals surface area contributed by atoms with E-state index < -0.39 is 11.7 Å². The number of nitrogen functional groups attached to an aromatic ring is 1. The van der Waals surface area contributed by atoms with Crippen LogP contribution in [0.25, 0.3) is 0 Å². The predicted molar refractivity (Wildman–Crippen MR) is 74.2 cm³/mol. The number of carbonyl (C=O) groups is 1. The maximum Gasteiger partial charge on any atom is 0.272 e. The summed E-state index contributed by atoms with van der Waals surface area (Å²) in [5.41, 5.74) is 6.74. The molecular formula is C12H10Cl2FN3O. The first-order chi connectivity index (χ1) is 8.88. The zero-order valence-corrected chi connectivity index (χ0v) is 11.4. The summed E-state index contributed by atoms with van der Waals surface area (Å²) in [4.78, 5) is 12.0. The molecule has 0 fully saturated rings. The van der Waals surface area contributed by atoms with Gasteiger partial charge in [-0.25, -0.2) is 4.39 Å². The number of halogens is 3. The fourth-order valence-electron chi connectivity index (χ4n) is 1.64. The minimum absolute atomic E-state index is 0.158. The van der Waals surface area contributed by atoms with E-state index in [4.69, 9.17) is 28.9 Å². The second-order valence-corrected chi connectivity index (χ2v) is 4.79. The van der Waals surface area contributed by atoms with E-state index >= 15 is 0 Å². The molecule has 2 aromatic rings. The minimum Gasteiger partial charge on any atom is -0.397 e. The Hall–Kier alpha value is -1.72. The second-order valence-electron chi connectivity index (χ2n) is 3.98. The molecule has 0 bridgehead atoms. The highest BCUT2D eigenvalue weighted by Gasteiger charge is 2.13. The molecule has 0 aliphatic carbocycles. The number of nitrogens with one attached hydrogen (secondary N) is 1. The van der Waals surface area contributed by atoms with Crippen LogP contribution < -0.4 is 11.1 Å². The Balaban J connectivity index is 2.27. The molecule has 0 saturated carbocycles. The van der Waals surface area contributed by atoms with Crippen molar-refractivity contribution in [3.05, 3.63) is 46.0 Å². The van der Waals surface area contributed by atoms with Gasteiger partial charge in [0.05, 0.1) is 15.7 Å². The monoisotopic (exact) mass is 301 g/mol. The van der Waals surface area contributed by atoms with E-state index in [1.54, 1.807) is 17.8 Å². The van der Waals surface area contributed by atoms with Crippen LogP contribution in [-0.4, -0.2) is 10.5 Å². The fraction of sp³-hybridized carbons (Fsp3) is 0.0833. The van der Waals surface area contributed by atoms with Crippen LogP contribution in [0.2, 0.25) is 10.0 Å². The van der Waals surface area contributed by atoms with Crippen LogP contribution in [-0.2, 0) is 7.05 Å². The second kappa shape index (κ2) is 5.11. The van der Waals surface area contributed by atoms with Gasteiger partial charge in [-0.15, -0.1) is 0 Å². The standard InChI is InChI=1S/C12H10Cl2FN3O/c1-18-5-6(16)2-10(18)12(19)17-7-3-8(13)11(15)9(14)4-7/h2-5H,16H2,1H3,(H,17,19). The van der Waals surface area contributed by atoms with Crippen LogP contribution >= 0.6 is 23.2 Å². The lowest BCUT2D eigenvalue weighted by Crippen LogP contribution is -2.15. The summed E-state index contributed by atoms with van der Waals surface area (Å²) in [5.74, 6) is -1.11. The molecule has 1 heterocycles. The van der Waals surface area contributed by atoms with Crippen LogP contribution in [0, 0.1) is 5.82 Å². The lowest BCUT2D eigenvalue weighted by atomic mass is 10.3. The molecule has 7 heteroatoms. The maximum absolute atomic E-state index is 13.2. The Morgan fingerprint density at radius 2 is 1.89 bits per heavy atom. The molecule has 100 valence electrons. The van der Waals surface area contributed by atoms with Crippen molar-refractivity contribution in [2.75, 3.05) is 11.1 Å². The molecule has 4 nitrogen and oxygen atoms in total. The number of hydrogen-bond acceptors (Lipinski definition) is 2. The summed E-state index contributed by atoms with van der Waals surface area (Å²) in [7, 11) is 1.69. The summed E-state index contributed by atoms with van der Waals surface area (Å²) in [6.45, 7) is 0. The molecule has 3 N–H and O–H groups in total. The van der Waals surface area contributed by atoms with Crippen molar-refractivity contribution in [2.24, 2.45) is 7.05 Å². The Morgan fingerprint density at radius 1 is 1.32 bits per heavy atom. The SMILES string of the molecule is Cn1cc(N)cc1C(=O)Nc1cc(Cl)c(F)c(Cl)c1. The first-order valence-electron chi connectivity index (χ1n) is 5.26. The van der Waals surface area contributed by atoms with Crippen molar-refractivity contribution >= 4 is 40.5 Å². The number of rotatable bonds is 2. The Labute approximate surface area is 118 Å². The highest BCUT2D eigenvalue weighted by Crippen LogP contribution is 2.27. The van der Waals surface area contributed by atoms with E-state index in [-0.39, 0.29) is 10.0 Å². The van der Waals surface area contributed by atoms with Gasteiger partial charge >= 0.3 is 0 Å². The number of carbonyl (C=O) groups excluding carboxylic acids is 1. The van der Waals surface area contributed by atoms with Crippen LogP contribution in [0.3, 0.4) is 0 Å². The van der Waals surface area contributed by atoms with Crippen molar-refractivity contribution in [1.82, 2.24) is 4.57 Å². The number of nitrogens with zero attached hydrogens (tertiary/aromatic N) is 1. The first kappa shape index (κ1) is 13.7. The van der Waals surface area contributed by atoms with Crippen molar-refractivity contribution in [2.45, 2.75) is 0 Å². The average molecular weight is 302 g/mol. The predicted octanol–water partition coefficient (Wildman–Crippen LogP) is 3.31. The Morgan fingerprint density at radius 3 is 2.37 bits per heavy atom. The lowest BCUT2D eigenvalue weighted by Gasteiger charge is -2.07. The summed E-state index contributed by atoms with van der Waals surface area (Å²) < 4.78 is 14.8. The molecule has 0 radical (unpaired) electrons. The van der Waals surface area contributed by atoms with Crippen molar-refractivity contribution < 1.29 is 9.18 Å². The quantitative estimate of drug-likeness (QED) is 0.836. The molecule has 0 aliphatic rings. The Kier molecular flexibility index (Phi) is 3.68. The van der Waals surface area contributed by atoms with Crippen LogP contribution in [0.1, 0.15) is 10.5 Å². The summed E-state index contributed by atoms with van der Waals surface area (Å²) >= 11 is 11.3. The smallest absolute Gasteiger partial charge is 0.272 e. The summed E-state index contributed by atoms with van der Waals surface area (Å²) in [5, 5.41) is 2.25. The molecule has 1 aromatic heterocycles. The zero-order valence-electron chi connectivity index (χ0n) is 9.88. The third-order valence-electron chi connectivity index (χ3n) is 2.50. The molecule has 0 saturated heterocycles. The van der Waals surface area contributed by atoms with Crippen molar-refractivity contribution in [3.8, 4) is 0 Å². The van der Waals surface area contributed by atoms with Gasteiger partial charge < -0.3 is 15.6 Å². The first-order valence-corrected chi connectivity index (χ1v) is 6.02. The molecule has 0 unspecified atom stereocenters. The number of amides is 1. The third-order valence-corrected chi connectivity index (χ3v) is 3.05. The molecular weight excluding hydrogens is 292 g/mol. The Bertz CT molecular complexity index is 631. The van der Waals surface area contributed by atoms with Gasteiger partial charge in [-0.1, -0.05) is 23.2 Å². The third kappa shape index (κ3) is 2.83. The highest BCUT2D eigenvalue weighted by molar-refractivity contribution is 6.35. The topological polar surface area (TPSA) is 60.0 Å². The zero-order chi connectivity index (χ0) is 14.2. The summed E-state index contributed by atoms with van der Waals surface area (Å²) in [6, 6.07) is 4.10. The van der Waals surface area contributed by atoms with E-state index in [9.17, 15) is 9.18 Å². The molecule has 1 amide bonds. The van der Waals surface area contributed by atoms with E-state index in [0.717, 1.165) is 0 Å². The van der Waals surface area contributed by atoms with Gasteiger partial charge in [0.1, 0.15) is 5.69 Å². The number of benzene rings is 1. The van der Waals surface area contributed by atoms with E-state index in [1.807, 2.05) is 0 Å². The van der Waals surface area contributed by atoms with Gasteiger partial charge in [0.25, 0.3) is 5.91 Å². The maximum atomic E-state index is 13.2. The van der Waals surface area contributed by atoms with Crippen molar-refractivity contribution in [3.63, 3.8) is 0 Å². The van der Waals surface area contributed by atoms with Gasteiger partial charge in [0, 0.05) is 18.9 Å². The minimum atomic E-state index is -0.718. The number of aromatic nitrogens is 1. The number of nitrogens with two attached hydrogens (primary N) is 1. The largest absolute Gasteiger partial charge is 0.397 e. The van der Waals surface area contributed by atoms with Gasteiger partial charge in [0.15, 0.2) is 5.82 Å². The fourth-order valence-corrected chi connectivity index (χ4v) is 2.13. The van der Waals surface area contributed by atoms with Crippen LogP contribution in [0.5, 0.6) is 0 Å². The molecule has 1 aromatic carbocycles. The van der Waals surface area contributed by atoms with E-state index in [1.165, 1.54) is 18.2 Å². The molecule has 0 atom stereocenters. The number of aryl methyl sites for hydroxylation is 1. The summed E-state index contributed by atoms with van der Waals surface area (Å²) in [6.07, 6.45) is 1.61. The number of hydrogen-bond donors (Lipinski definition) is 2. The van der Waals surface area contributed by atoms with Gasteiger partial charge in [-0.3, -0.25) is 4.79 Å². The highest BCUT2D eigenvalue weighted by atomic mass is 35.5. The van der Waals surface area contributed by atoms with Crippen LogP contribution in [0.15, 0.2) is 24.4 Å². The van der Waals surface area contributed by atoms with Gasteiger partial charge in [-0.2, -0.15) is 0 Å². The molecule has 19 heavy (non-hydrogen) atoms. The van der Waals surface area contributed by atoms with Crippen LogP contribution in [0.4, 0.5) is 15.8 Å². The van der Waals surface area contributed by atoms with Gasteiger partial charge in [-0.05, 0) is 18.2 Å². The molecule has 0 aliphatic heterocycles. The number of anilines is 2. The average Bonchev–Trinajstić information content (AvgIpc) is 2.65. The van der Waals surface area contributed by atoms with Gasteiger partial charge in [0.2, 0.25) is 0 Å². The molecule has 2 rings (SSSR count). The van der Waals surface area contributed by atoms with Crippen molar-refractivity contribution in [1.29, 1.82) is 0 Å². The normalized spacial score (nSPS) is 10.5.